The fourth-order valence-corrected chi connectivity index (χ4v) is 5.91. The van der Waals surface area contributed by atoms with Gasteiger partial charge < -0.3 is 4.74 Å². The van der Waals surface area contributed by atoms with Crippen LogP contribution >= 0.6 is 11.3 Å². The first-order valence-electron chi connectivity index (χ1n) is 7.24. The van der Waals surface area contributed by atoms with E-state index in [9.17, 15) is 13.2 Å². The minimum atomic E-state index is -3.69. The molecule has 3 rings (SSSR count). The van der Waals surface area contributed by atoms with Crippen LogP contribution in [0.3, 0.4) is 0 Å². The van der Waals surface area contributed by atoms with Crippen LogP contribution in [0, 0.1) is 6.92 Å². The summed E-state index contributed by atoms with van der Waals surface area (Å²) in [5.41, 5.74) is 2.21. The van der Waals surface area contributed by atoms with E-state index in [-0.39, 0.29) is 4.90 Å². The predicted octanol–water partition coefficient (Wildman–Crippen LogP) is 2.98. The second kappa shape index (κ2) is 5.98. The lowest BCUT2D eigenvalue weighted by molar-refractivity contribution is 0.0605. The monoisotopic (exact) mass is 351 g/mol. The van der Waals surface area contributed by atoms with Gasteiger partial charge >= 0.3 is 5.97 Å². The van der Waals surface area contributed by atoms with Gasteiger partial charge in [-0.15, -0.1) is 11.3 Å². The fraction of sp³-hybridized carbons (Fsp3) is 0.312. The van der Waals surface area contributed by atoms with Crippen molar-refractivity contribution in [2.75, 3.05) is 18.0 Å². The Hall–Kier alpha value is -1.86. The van der Waals surface area contributed by atoms with Gasteiger partial charge in [-0.05, 0) is 37.0 Å². The fourth-order valence-electron chi connectivity index (χ4n) is 2.82. The van der Waals surface area contributed by atoms with Gasteiger partial charge in [-0.25, -0.2) is 13.2 Å². The third-order valence-electron chi connectivity index (χ3n) is 4.00. The maximum absolute atomic E-state index is 13.1. The number of benzene rings is 1. The number of anilines is 1. The molecule has 0 radical (unpaired) electrons. The van der Waals surface area contributed by atoms with Crippen LogP contribution in [0.2, 0.25) is 0 Å². The summed E-state index contributed by atoms with van der Waals surface area (Å²) in [6, 6.07) is 7.54. The van der Waals surface area contributed by atoms with Crippen LogP contribution in [0.15, 0.2) is 34.5 Å². The molecular weight excluding hydrogens is 334 g/mol. The summed E-state index contributed by atoms with van der Waals surface area (Å²) >= 11 is 1.10. The Bertz CT molecular complexity index is 855. The number of sulfonamides is 1. The molecule has 0 saturated heterocycles. The molecule has 7 heteroatoms. The zero-order valence-electron chi connectivity index (χ0n) is 12.9. The number of carbonyl (C=O) groups is 1. The number of aryl methyl sites for hydroxylation is 1. The van der Waals surface area contributed by atoms with Gasteiger partial charge in [0, 0.05) is 11.9 Å². The normalized spacial score (nSPS) is 14.4. The highest BCUT2D eigenvalue weighted by Gasteiger charge is 2.32. The molecule has 0 bridgehead atoms. The van der Waals surface area contributed by atoms with Gasteiger partial charge in [-0.2, -0.15) is 0 Å². The summed E-state index contributed by atoms with van der Waals surface area (Å²) in [4.78, 5) is 12.2. The van der Waals surface area contributed by atoms with Gasteiger partial charge in [0.05, 0.1) is 12.8 Å². The van der Waals surface area contributed by atoms with Crippen molar-refractivity contribution in [1.29, 1.82) is 0 Å². The van der Waals surface area contributed by atoms with E-state index in [0.29, 0.717) is 17.0 Å². The Kier molecular flexibility index (Phi) is 4.16. The average molecular weight is 351 g/mol. The number of thiophene rings is 1. The SMILES string of the molecule is COC(=O)c1scc(S(=O)(=O)N2CCCc3ccccc32)c1C. The number of hydrogen-bond donors (Lipinski definition) is 0. The van der Waals surface area contributed by atoms with Gasteiger partial charge in [-0.1, -0.05) is 18.2 Å². The Morgan fingerprint density at radius 2 is 2.04 bits per heavy atom. The molecule has 23 heavy (non-hydrogen) atoms. The van der Waals surface area contributed by atoms with Crippen LogP contribution in [0.25, 0.3) is 0 Å². The molecule has 0 amide bonds. The predicted molar refractivity (Wildman–Crippen MR) is 89.7 cm³/mol. The number of nitrogens with zero attached hydrogens (tertiary/aromatic N) is 1. The van der Waals surface area contributed by atoms with Crippen LogP contribution < -0.4 is 4.31 Å². The topological polar surface area (TPSA) is 63.7 Å². The number of carbonyl (C=O) groups excluding carboxylic acids is 1. The number of ether oxygens (including phenoxy) is 1. The summed E-state index contributed by atoms with van der Waals surface area (Å²) in [5.74, 6) is -0.506. The first-order chi connectivity index (χ1) is 11.0. The molecule has 1 aliphatic heterocycles. The lowest BCUT2D eigenvalue weighted by atomic mass is 10.0. The highest BCUT2D eigenvalue weighted by Crippen LogP contribution is 2.35. The van der Waals surface area contributed by atoms with E-state index in [0.717, 1.165) is 35.4 Å². The Morgan fingerprint density at radius 3 is 2.78 bits per heavy atom. The number of rotatable bonds is 3. The third kappa shape index (κ3) is 2.64. The van der Waals surface area contributed by atoms with E-state index in [2.05, 4.69) is 0 Å². The maximum atomic E-state index is 13.1. The first-order valence-corrected chi connectivity index (χ1v) is 9.56. The van der Waals surface area contributed by atoms with Crippen molar-refractivity contribution >= 4 is 33.0 Å². The Morgan fingerprint density at radius 1 is 1.30 bits per heavy atom. The van der Waals surface area contributed by atoms with Crippen molar-refractivity contribution < 1.29 is 17.9 Å². The molecular formula is C16H17NO4S2. The lowest BCUT2D eigenvalue weighted by Crippen LogP contribution is -2.35. The second-order valence-corrected chi connectivity index (χ2v) is 8.07. The Labute approximate surface area is 139 Å². The highest BCUT2D eigenvalue weighted by molar-refractivity contribution is 7.93. The van der Waals surface area contributed by atoms with Crippen molar-refractivity contribution in [2.45, 2.75) is 24.7 Å². The molecule has 0 fully saturated rings. The van der Waals surface area contributed by atoms with Gasteiger partial charge in [-0.3, -0.25) is 4.31 Å². The Balaban J connectivity index is 2.07. The molecule has 0 aliphatic carbocycles. The van der Waals surface area contributed by atoms with Gasteiger partial charge in [0.2, 0.25) is 0 Å². The molecule has 0 atom stereocenters. The molecule has 0 N–H and O–H groups in total. The minimum absolute atomic E-state index is 0.180. The van der Waals surface area contributed by atoms with Crippen molar-refractivity contribution in [3.8, 4) is 0 Å². The van der Waals surface area contributed by atoms with E-state index in [1.54, 1.807) is 6.92 Å². The molecule has 2 aromatic rings. The largest absolute Gasteiger partial charge is 0.465 e. The third-order valence-corrected chi connectivity index (χ3v) is 7.15. The van der Waals surface area contributed by atoms with E-state index >= 15 is 0 Å². The summed E-state index contributed by atoms with van der Waals surface area (Å²) in [6.45, 7) is 2.09. The van der Waals surface area contributed by atoms with Crippen LogP contribution in [0.4, 0.5) is 5.69 Å². The number of fused-ring (bicyclic) bond motifs is 1. The van der Waals surface area contributed by atoms with Gasteiger partial charge in [0.1, 0.15) is 9.77 Å². The lowest BCUT2D eigenvalue weighted by Gasteiger charge is -2.30. The van der Waals surface area contributed by atoms with Crippen molar-refractivity contribution in [2.24, 2.45) is 0 Å². The minimum Gasteiger partial charge on any atom is -0.465 e. The van der Waals surface area contributed by atoms with Crippen molar-refractivity contribution in [3.05, 3.63) is 45.6 Å². The second-order valence-electron chi connectivity index (χ2n) is 5.36. The smallest absolute Gasteiger partial charge is 0.348 e. The van der Waals surface area contributed by atoms with Crippen LogP contribution in [-0.2, 0) is 21.2 Å². The quantitative estimate of drug-likeness (QED) is 0.798. The molecule has 0 saturated carbocycles. The average Bonchev–Trinajstić information content (AvgIpc) is 2.96. The molecule has 122 valence electrons. The zero-order valence-corrected chi connectivity index (χ0v) is 14.5. The molecule has 1 aromatic carbocycles. The maximum Gasteiger partial charge on any atom is 0.348 e. The van der Waals surface area contributed by atoms with E-state index in [1.165, 1.54) is 16.8 Å². The molecule has 1 aromatic heterocycles. The number of hydrogen-bond acceptors (Lipinski definition) is 5. The first kappa shape index (κ1) is 16.0. The van der Waals surface area contributed by atoms with Crippen molar-refractivity contribution in [3.63, 3.8) is 0 Å². The summed E-state index contributed by atoms with van der Waals surface area (Å²) in [7, 11) is -2.40. The molecule has 1 aliphatic rings. The van der Waals surface area contributed by atoms with Crippen molar-refractivity contribution in [1.82, 2.24) is 0 Å². The number of methoxy groups -OCH3 is 1. The van der Waals surface area contributed by atoms with E-state index in [1.807, 2.05) is 24.3 Å². The number of para-hydroxylation sites is 1. The standard InChI is InChI=1S/C16H17NO4S2/c1-11-14(10-22-15(11)16(18)21-2)23(19,20)17-9-5-7-12-6-3-4-8-13(12)17/h3-4,6,8,10H,5,7,9H2,1-2H3. The molecule has 0 unspecified atom stereocenters. The molecule has 0 spiro atoms. The van der Waals surface area contributed by atoms with Gasteiger partial charge in [0.15, 0.2) is 0 Å². The highest BCUT2D eigenvalue weighted by atomic mass is 32.2. The summed E-state index contributed by atoms with van der Waals surface area (Å²) in [5, 5.41) is 1.52. The number of esters is 1. The molecule has 2 heterocycles. The van der Waals surface area contributed by atoms with Crippen LogP contribution in [-0.4, -0.2) is 28.0 Å². The van der Waals surface area contributed by atoms with Crippen LogP contribution in [0.1, 0.15) is 27.2 Å². The summed E-state index contributed by atoms with van der Waals surface area (Å²) in [6.07, 6.45) is 1.65. The van der Waals surface area contributed by atoms with Gasteiger partial charge in [0.25, 0.3) is 10.0 Å². The summed E-state index contributed by atoms with van der Waals surface area (Å²) < 4.78 is 32.3. The molecule has 5 nitrogen and oxygen atoms in total. The zero-order chi connectivity index (χ0) is 16.6. The van der Waals surface area contributed by atoms with E-state index in [4.69, 9.17) is 4.74 Å². The van der Waals surface area contributed by atoms with Crippen LogP contribution in [0.5, 0.6) is 0 Å². The van der Waals surface area contributed by atoms with E-state index < -0.39 is 16.0 Å².